The molecule has 1 amide bonds. The lowest BCUT2D eigenvalue weighted by molar-refractivity contribution is -0.116. The first-order valence-corrected chi connectivity index (χ1v) is 7.27. The zero-order valence-electron chi connectivity index (χ0n) is 12.7. The van der Waals surface area contributed by atoms with E-state index in [-0.39, 0.29) is 18.3 Å². The van der Waals surface area contributed by atoms with Gasteiger partial charge in [-0.05, 0) is 32.2 Å². The van der Waals surface area contributed by atoms with Crippen LogP contribution in [0.2, 0.25) is 0 Å². The third-order valence-electron chi connectivity index (χ3n) is 3.99. The maximum atomic E-state index is 11.9. The second kappa shape index (κ2) is 8.36. The molecule has 7 heteroatoms. The molecule has 2 heterocycles. The number of piperidine rings is 1. The van der Waals surface area contributed by atoms with E-state index in [0.29, 0.717) is 36.5 Å². The Balaban J connectivity index is 0.00000220. The Labute approximate surface area is 131 Å². The molecule has 2 atom stereocenters. The first kappa shape index (κ1) is 17.9. The highest BCUT2D eigenvalue weighted by atomic mass is 35.5. The van der Waals surface area contributed by atoms with E-state index in [9.17, 15) is 4.79 Å². The summed E-state index contributed by atoms with van der Waals surface area (Å²) in [6, 6.07) is 2.11. The van der Waals surface area contributed by atoms with Gasteiger partial charge in [0, 0.05) is 31.6 Å². The minimum absolute atomic E-state index is 0. The van der Waals surface area contributed by atoms with Crippen LogP contribution in [-0.4, -0.2) is 41.6 Å². The van der Waals surface area contributed by atoms with Crippen LogP contribution in [0.25, 0.3) is 0 Å². The fourth-order valence-corrected chi connectivity index (χ4v) is 2.87. The lowest BCUT2D eigenvalue weighted by Gasteiger charge is -2.39. The number of anilines is 1. The minimum Gasteiger partial charge on any atom is -0.360 e. The Hall–Kier alpha value is -1.11. The largest absolute Gasteiger partial charge is 0.360 e. The SMILES string of the molecule is Cc1cc(NC(=O)CCN2CCCC(C)C2CN)no1.Cl. The molecule has 0 saturated carbocycles. The highest BCUT2D eigenvalue weighted by Crippen LogP contribution is 2.22. The van der Waals surface area contributed by atoms with Gasteiger partial charge in [0.1, 0.15) is 5.76 Å². The molecule has 21 heavy (non-hydrogen) atoms. The Morgan fingerprint density at radius 3 is 3.00 bits per heavy atom. The second-order valence-corrected chi connectivity index (χ2v) is 5.58. The number of hydrogen-bond donors (Lipinski definition) is 2. The van der Waals surface area contributed by atoms with Gasteiger partial charge in [-0.3, -0.25) is 9.69 Å². The topological polar surface area (TPSA) is 84.4 Å². The summed E-state index contributed by atoms with van der Waals surface area (Å²) in [5.74, 6) is 1.74. The number of carbonyl (C=O) groups is 1. The van der Waals surface area contributed by atoms with Crippen molar-refractivity contribution >= 4 is 24.1 Å². The summed E-state index contributed by atoms with van der Waals surface area (Å²) in [6.45, 7) is 6.47. The summed E-state index contributed by atoms with van der Waals surface area (Å²) in [7, 11) is 0. The van der Waals surface area contributed by atoms with Gasteiger partial charge in [0.15, 0.2) is 5.82 Å². The number of rotatable bonds is 5. The van der Waals surface area contributed by atoms with E-state index in [2.05, 4.69) is 22.3 Å². The van der Waals surface area contributed by atoms with Gasteiger partial charge in [-0.15, -0.1) is 12.4 Å². The van der Waals surface area contributed by atoms with Crippen LogP contribution in [0, 0.1) is 12.8 Å². The number of hydrogen-bond acceptors (Lipinski definition) is 5. The summed E-state index contributed by atoms with van der Waals surface area (Å²) in [6.07, 6.45) is 2.86. The number of amides is 1. The molecule has 1 aliphatic rings. The van der Waals surface area contributed by atoms with Gasteiger partial charge in [-0.1, -0.05) is 12.1 Å². The van der Waals surface area contributed by atoms with Crippen LogP contribution in [-0.2, 0) is 4.79 Å². The molecule has 1 aliphatic heterocycles. The molecule has 0 bridgehead atoms. The molecule has 1 aromatic heterocycles. The number of halogens is 1. The number of aryl methyl sites for hydroxylation is 1. The zero-order chi connectivity index (χ0) is 14.5. The molecule has 0 aliphatic carbocycles. The van der Waals surface area contributed by atoms with Crippen LogP contribution in [0.4, 0.5) is 5.82 Å². The van der Waals surface area contributed by atoms with Crippen molar-refractivity contribution in [2.75, 3.05) is 25.0 Å². The number of carbonyl (C=O) groups excluding carboxylic acids is 1. The van der Waals surface area contributed by atoms with Crippen LogP contribution in [0.3, 0.4) is 0 Å². The predicted octanol–water partition coefficient (Wildman–Crippen LogP) is 1.79. The van der Waals surface area contributed by atoms with Crippen LogP contribution in [0.1, 0.15) is 31.9 Å². The molecular formula is C14H25ClN4O2. The fraction of sp³-hybridized carbons (Fsp3) is 0.714. The zero-order valence-corrected chi connectivity index (χ0v) is 13.5. The maximum Gasteiger partial charge on any atom is 0.226 e. The number of aromatic nitrogens is 1. The molecule has 0 radical (unpaired) electrons. The van der Waals surface area contributed by atoms with E-state index in [4.69, 9.17) is 10.3 Å². The predicted molar refractivity (Wildman–Crippen MR) is 84.5 cm³/mol. The van der Waals surface area contributed by atoms with Crippen molar-refractivity contribution in [1.82, 2.24) is 10.1 Å². The molecule has 1 fully saturated rings. The molecule has 120 valence electrons. The Morgan fingerprint density at radius 1 is 1.62 bits per heavy atom. The standard InChI is InChI=1S/C14H24N4O2.ClH/c1-10-4-3-6-18(12(10)9-15)7-5-14(19)16-13-8-11(2)20-17-13;/h8,10,12H,3-7,9,15H2,1-2H3,(H,16,17,19);1H. The molecule has 6 nitrogen and oxygen atoms in total. The van der Waals surface area contributed by atoms with Crippen LogP contribution < -0.4 is 11.1 Å². The normalized spacial score (nSPS) is 22.6. The number of nitrogens with one attached hydrogen (secondary N) is 1. The molecular weight excluding hydrogens is 292 g/mol. The van der Waals surface area contributed by atoms with E-state index in [1.165, 1.54) is 12.8 Å². The molecule has 0 spiro atoms. The number of likely N-dealkylation sites (tertiary alicyclic amines) is 1. The van der Waals surface area contributed by atoms with Crippen molar-refractivity contribution in [3.05, 3.63) is 11.8 Å². The molecule has 3 N–H and O–H groups in total. The summed E-state index contributed by atoms with van der Waals surface area (Å²) < 4.78 is 4.92. The third-order valence-corrected chi connectivity index (χ3v) is 3.99. The summed E-state index contributed by atoms with van der Waals surface area (Å²) in [4.78, 5) is 14.2. The first-order chi connectivity index (χ1) is 9.60. The Kier molecular flexibility index (Phi) is 7.14. The average Bonchev–Trinajstić information content (AvgIpc) is 2.81. The van der Waals surface area contributed by atoms with Crippen molar-refractivity contribution in [1.29, 1.82) is 0 Å². The van der Waals surface area contributed by atoms with Crippen molar-refractivity contribution in [3.63, 3.8) is 0 Å². The first-order valence-electron chi connectivity index (χ1n) is 7.27. The van der Waals surface area contributed by atoms with Crippen molar-refractivity contribution < 1.29 is 9.32 Å². The number of nitrogens with two attached hydrogens (primary N) is 1. The highest BCUT2D eigenvalue weighted by molar-refractivity contribution is 5.89. The quantitative estimate of drug-likeness (QED) is 0.865. The average molecular weight is 317 g/mol. The van der Waals surface area contributed by atoms with Gasteiger partial charge < -0.3 is 15.6 Å². The van der Waals surface area contributed by atoms with Gasteiger partial charge >= 0.3 is 0 Å². The molecule has 1 aromatic rings. The fourth-order valence-electron chi connectivity index (χ4n) is 2.87. The lowest BCUT2D eigenvalue weighted by atomic mass is 9.90. The van der Waals surface area contributed by atoms with Crippen molar-refractivity contribution in [2.24, 2.45) is 11.7 Å². The summed E-state index contributed by atoms with van der Waals surface area (Å²) in [5, 5.41) is 6.50. The van der Waals surface area contributed by atoms with Gasteiger partial charge in [0.2, 0.25) is 5.91 Å². The van der Waals surface area contributed by atoms with Crippen LogP contribution in [0.5, 0.6) is 0 Å². The summed E-state index contributed by atoms with van der Waals surface area (Å²) >= 11 is 0. The van der Waals surface area contributed by atoms with Gasteiger partial charge in [-0.2, -0.15) is 0 Å². The molecule has 2 unspecified atom stereocenters. The number of nitrogens with zero attached hydrogens (tertiary/aromatic N) is 2. The molecule has 0 aromatic carbocycles. The van der Waals surface area contributed by atoms with Gasteiger partial charge in [-0.25, -0.2) is 0 Å². The molecule has 2 rings (SSSR count). The minimum atomic E-state index is -0.0349. The molecule has 1 saturated heterocycles. The van der Waals surface area contributed by atoms with E-state index >= 15 is 0 Å². The van der Waals surface area contributed by atoms with Crippen LogP contribution >= 0.6 is 12.4 Å². The van der Waals surface area contributed by atoms with Crippen molar-refractivity contribution in [3.8, 4) is 0 Å². The van der Waals surface area contributed by atoms with E-state index in [0.717, 1.165) is 13.1 Å². The van der Waals surface area contributed by atoms with E-state index < -0.39 is 0 Å². The van der Waals surface area contributed by atoms with Gasteiger partial charge in [0.05, 0.1) is 0 Å². The van der Waals surface area contributed by atoms with E-state index in [1.807, 2.05) is 0 Å². The van der Waals surface area contributed by atoms with Gasteiger partial charge in [0.25, 0.3) is 0 Å². The smallest absolute Gasteiger partial charge is 0.226 e. The lowest BCUT2D eigenvalue weighted by Crippen LogP contribution is -2.49. The van der Waals surface area contributed by atoms with Crippen LogP contribution in [0.15, 0.2) is 10.6 Å². The second-order valence-electron chi connectivity index (χ2n) is 5.58. The Morgan fingerprint density at radius 2 is 2.38 bits per heavy atom. The Bertz CT molecular complexity index is 452. The maximum absolute atomic E-state index is 11.9. The third kappa shape index (κ3) is 4.98. The van der Waals surface area contributed by atoms with E-state index in [1.54, 1.807) is 13.0 Å². The summed E-state index contributed by atoms with van der Waals surface area (Å²) in [5.41, 5.74) is 5.85. The van der Waals surface area contributed by atoms with Crippen molar-refractivity contribution in [2.45, 2.75) is 39.2 Å². The highest BCUT2D eigenvalue weighted by Gasteiger charge is 2.27. The monoisotopic (exact) mass is 316 g/mol.